The van der Waals surface area contributed by atoms with Crippen molar-refractivity contribution in [1.29, 1.82) is 5.26 Å². The molecular weight excluding hydrogens is 609 g/mol. The van der Waals surface area contributed by atoms with E-state index in [0.717, 1.165) is 71.5 Å². The van der Waals surface area contributed by atoms with Crippen molar-refractivity contribution in [1.82, 2.24) is 13.7 Å². The topological polar surface area (TPSA) is 42.9 Å². The summed E-state index contributed by atoms with van der Waals surface area (Å²) in [5.74, 6) is 0. The highest BCUT2D eigenvalue weighted by molar-refractivity contribution is 7.00. The molecule has 50 heavy (non-hydrogen) atoms. The zero-order valence-electron chi connectivity index (χ0n) is 26.5. The summed E-state index contributed by atoms with van der Waals surface area (Å²) in [7, 11) is 0. The Hall–Kier alpha value is -7.02. The molecule has 0 aliphatic carbocycles. The molecule has 2 aliphatic rings. The van der Waals surface area contributed by atoms with Gasteiger partial charge in [0.25, 0.3) is 6.71 Å². The first-order valence-electron chi connectivity index (χ1n) is 16.8. The van der Waals surface area contributed by atoms with Gasteiger partial charge in [0, 0.05) is 43.4 Å². The molecule has 0 radical (unpaired) electrons. The molecule has 0 spiro atoms. The van der Waals surface area contributed by atoms with Gasteiger partial charge in [0.2, 0.25) is 5.69 Å². The third-order valence-corrected chi connectivity index (χ3v) is 11.3. The summed E-state index contributed by atoms with van der Waals surface area (Å²) in [6, 6.07) is 49.7. The van der Waals surface area contributed by atoms with E-state index in [4.69, 9.17) is 6.57 Å². The number of benzene rings is 7. The maximum atomic E-state index is 11.5. The number of hydrogen-bond donors (Lipinski definition) is 0. The molecule has 0 N–H and O–H groups in total. The Morgan fingerprint density at radius 3 is 1.38 bits per heavy atom. The normalized spacial score (nSPS) is 12.7. The van der Waals surface area contributed by atoms with Crippen LogP contribution in [0.1, 0.15) is 5.56 Å². The number of fused-ring (bicyclic) bond motifs is 13. The van der Waals surface area contributed by atoms with Crippen LogP contribution < -0.4 is 16.4 Å². The predicted octanol–water partition coefficient (Wildman–Crippen LogP) is 8.54. The Kier molecular flexibility index (Phi) is 4.63. The van der Waals surface area contributed by atoms with Gasteiger partial charge < -0.3 is 13.7 Å². The molecule has 10 aromatic rings. The van der Waals surface area contributed by atoms with E-state index in [-0.39, 0.29) is 6.71 Å². The Balaban J connectivity index is 1.43. The van der Waals surface area contributed by atoms with Crippen LogP contribution >= 0.6 is 0 Å². The average molecular weight is 632 g/mol. The number of nitrogens with zero attached hydrogens (tertiary/aromatic N) is 5. The molecule has 0 saturated heterocycles. The van der Waals surface area contributed by atoms with Gasteiger partial charge >= 0.3 is 0 Å². The first-order chi connectivity index (χ1) is 24.8. The number of para-hydroxylation sites is 6. The van der Waals surface area contributed by atoms with Crippen molar-refractivity contribution < 1.29 is 0 Å². The second-order valence-corrected chi connectivity index (χ2v) is 13.4. The van der Waals surface area contributed by atoms with E-state index in [1.807, 2.05) is 12.1 Å². The van der Waals surface area contributed by atoms with Crippen molar-refractivity contribution in [2.75, 3.05) is 0 Å². The Morgan fingerprint density at radius 1 is 0.480 bits per heavy atom. The molecule has 12 rings (SSSR count). The van der Waals surface area contributed by atoms with Gasteiger partial charge in [0.1, 0.15) is 6.07 Å². The molecule has 5 nitrogen and oxygen atoms in total. The van der Waals surface area contributed by atoms with Gasteiger partial charge in [-0.2, -0.15) is 5.26 Å². The van der Waals surface area contributed by atoms with E-state index in [1.165, 1.54) is 21.7 Å². The second-order valence-electron chi connectivity index (χ2n) is 13.4. The fourth-order valence-electron chi connectivity index (χ4n) is 9.54. The van der Waals surface area contributed by atoms with Gasteiger partial charge in [-0.15, -0.1) is 0 Å². The summed E-state index contributed by atoms with van der Waals surface area (Å²) in [6.07, 6.45) is 0. The molecule has 3 aromatic heterocycles. The summed E-state index contributed by atoms with van der Waals surface area (Å²) in [6.45, 7) is 8.84. The van der Waals surface area contributed by atoms with Gasteiger partial charge in [-0.25, -0.2) is 4.85 Å². The van der Waals surface area contributed by atoms with E-state index >= 15 is 0 Å². The number of hydrogen-bond acceptors (Lipinski definition) is 1. The molecule has 0 saturated carbocycles. The third-order valence-electron chi connectivity index (χ3n) is 11.3. The summed E-state index contributed by atoms with van der Waals surface area (Å²) >= 11 is 0. The molecule has 7 aromatic carbocycles. The molecule has 6 heteroatoms. The van der Waals surface area contributed by atoms with Crippen molar-refractivity contribution in [3.05, 3.63) is 150 Å². The van der Waals surface area contributed by atoms with Gasteiger partial charge in [-0.05, 0) is 40.7 Å². The zero-order valence-corrected chi connectivity index (χ0v) is 26.5. The van der Waals surface area contributed by atoms with Crippen molar-refractivity contribution in [2.45, 2.75) is 0 Å². The molecule has 0 amide bonds. The second kappa shape index (κ2) is 8.91. The van der Waals surface area contributed by atoms with E-state index in [1.54, 1.807) is 0 Å². The van der Waals surface area contributed by atoms with Crippen LogP contribution in [0.2, 0.25) is 0 Å². The van der Waals surface area contributed by atoms with Gasteiger partial charge in [-0.3, -0.25) is 0 Å². The highest BCUT2D eigenvalue weighted by atomic mass is 15.1. The van der Waals surface area contributed by atoms with Crippen molar-refractivity contribution in [2.24, 2.45) is 0 Å². The van der Waals surface area contributed by atoms with Gasteiger partial charge in [0.05, 0.1) is 51.3 Å². The Morgan fingerprint density at radius 2 is 0.900 bits per heavy atom. The summed E-state index contributed by atoms with van der Waals surface area (Å²) in [4.78, 5) is 4.45. The van der Waals surface area contributed by atoms with Gasteiger partial charge in [-0.1, -0.05) is 109 Å². The maximum absolute atomic E-state index is 11.5. The lowest BCUT2D eigenvalue weighted by atomic mass is 9.34. The fraction of sp³-hybridized carbons (Fsp3) is 0. The van der Waals surface area contributed by atoms with Gasteiger partial charge in [0.15, 0.2) is 0 Å². The summed E-state index contributed by atoms with van der Waals surface area (Å²) in [5.41, 5.74) is 13.1. The first kappa shape index (κ1) is 26.0. The monoisotopic (exact) mass is 631 g/mol. The third kappa shape index (κ3) is 2.80. The van der Waals surface area contributed by atoms with Crippen LogP contribution in [-0.2, 0) is 0 Å². The van der Waals surface area contributed by atoms with E-state index in [0.29, 0.717) is 16.9 Å². The Bertz CT molecular complexity index is 3090. The predicted molar refractivity (Wildman–Crippen MR) is 205 cm³/mol. The van der Waals surface area contributed by atoms with E-state index in [9.17, 15) is 5.26 Å². The lowest BCUT2D eigenvalue weighted by molar-refractivity contribution is 1.10. The number of nitriles is 1. The largest absolute Gasteiger partial charge is 0.320 e. The van der Waals surface area contributed by atoms with Crippen molar-refractivity contribution in [3.63, 3.8) is 0 Å². The quantitative estimate of drug-likeness (QED) is 0.132. The van der Waals surface area contributed by atoms with Crippen molar-refractivity contribution in [3.8, 4) is 23.1 Å². The lowest BCUT2D eigenvalue weighted by Gasteiger charge is -2.36. The maximum Gasteiger partial charge on any atom is 0.250 e. The molecule has 0 atom stereocenters. The highest BCUT2D eigenvalue weighted by Crippen LogP contribution is 2.47. The molecular formula is C44H22BN5. The van der Waals surface area contributed by atoms with Crippen LogP contribution in [0, 0.1) is 17.9 Å². The standard InChI is InChI=1S/C44H22BN5/c1-47-39-43(48-34-20-6-2-12-25(34)26-13-3-7-21-35(26)48)31(24-46)42-38-44(39)50-37-23-9-5-15-28(37)30-17-11-19-33(41(30)50)45(38)32-18-10-16-29-27-14-4-8-22-36(27)49(42)40(29)32/h2-23H. The number of aromatic nitrogens is 3. The first-order valence-corrected chi connectivity index (χ1v) is 16.8. The van der Waals surface area contributed by atoms with Crippen LogP contribution in [0.3, 0.4) is 0 Å². The highest BCUT2D eigenvalue weighted by Gasteiger charge is 2.44. The van der Waals surface area contributed by atoms with E-state index < -0.39 is 0 Å². The summed E-state index contributed by atoms with van der Waals surface area (Å²) in [5, 5.41) is 18.3. The zero-order chi connectivity index (χ0) is 32.8. The summed E-state index contributed by atoms with van der Waals surface area (Å²) < 4.78 is 6.84. The minimum absolute atomic E-state index is 0.166. The SMILES string of the molecule is [C-]#[N+]c1c(-n2c3ccccc3c3ccccc32)c(C#N)c2c3c1-n1c4ccccc4c4cccc(c41)B3c1cccc3c4ccccc4n-2c13. The molecule has 5 heterocycles. The van der Waals surface area contributed by atoms with Crippen molar-refractivity contribution >= 4 is 94.2 Å². The molecule has 0 bridgehead atoms. The molecule has 226 valence electrons. The van der Waals surface area contributed by atoms with Crippen LogP contribution in [0.5, 0.6) is 0 Å². The minimum Gasteiger partial charge on any atom is -0.320 e. The number of rotatable bonds is 1. The molecule has 0 unspecified atom stereocenters. The fourth-order valence-corrected chi connectivity index (χ4v) is 9.54. The minimum atomic E-state index is -0.166. The Labute approximate surface area is 285 Å². The van der Waals surface area contributed by atoms with Crippen LogP contribution in [0.25, 0.3) is 87.3 Å². The lowest BCUT2D eigenvalue weighted by Crippen LogP contribution is -2.59. The van der Waals surface area contributed by atoms with Crippen LogP contribution in [0.15, 0.2) is 133 Å². The van der Waals surface area contributed by atoms with E-state index in [2.05, 4.69) is 146 Å². The molecule has 2 aliphatic heterocycles. The average Bonchev–Trinajstić information content (AvgIpc) is 3.81. The molecule has 0 fully saturated rings. The smallest absolute Gasteiger partial charge is 0.250 e. The van der Waals surface area contributed by atoms with Crippen LogP contribution in [0.4, 0.5) is 5.69 Å². The van der Waals surface area contributed by atoms with Crippen LogP contribution in [-0.4, -0.2) is 20.4 Å².